The lowest BCUT2D eigenvalue weighted by Gasteiger charge is -2.21. The van der Waals surface area contributed by atoms with Gasteiger partial charge in [-0.1, -0.05) is 182 Å². The van der Waals surface area contributed by atoms with Crippen molar-refractivity contribution in [3.63, 3.8) is 0 Å². The van der Waals surface area contributed by atoms with E-state index in [-0.39, 0.29) is 25.0 Å². The molecule has 4 aliphatic carbocycles. The second-order valence-electron chi connectivity index (χ2n) is 16.4. The highest BCUT2D eigenvalue weighted by molar-refractivity contribution is 7.84. The summed E-state index contributed by atoms with van der Waals surface area (Å²) in [4.78, 5) is 33.5. The van der Waals surface area contributed by atoms with Gasteiger partial charge in [0.1, 0.15) is 13.2 Å². The summed E-state index contributed by atoms with van der Waals surface area (Å²) in [5, 5.41) is 3.38. The second-order valence-corrected chi connectivity index (χ2v) is 20.2. The standard InChI is InChI=1S/C54H32N2O4S6/c57-53(59-27-29-11-3-1-4-12-29)55-43-21-31-20-40-44(22-32(31)19-39(43)51-45(55)25-33(65-51)23-41-47(61)35-15-7-8-16-36(35)48(41)62)56(54(58)60-28-30-13-5-2-6-14-30)46-26-34(66-52(40)46)24-42-49(63)37-17-9-10-18-38(37)50(42)64/h1-26,31-32H,27-28H2. The number of hydrogen-bond acceptors (Lipinski definition) is 10. The number of thiocarbonyl (C=S) groups is 4. The number of hydrogen-bond donors (Lipinski definition) is 0. The first kappa shape index (κ1) is 41.1. The third-order valence-electron chi connectivity index (χ3n) is 12.5. The van der Waals surface area contributed by atoms with E-state index in [1.54, 1.807) is 31.8 Å². The molecule has 66 heavy (non-hydrogen) atoms. The Balaban J connectivity index is 0.997. The fourth-order valence-corrected chi connectivity index (χ4v) is 13.1. The SMILES string of the molecule is O=C(OCc1ccccc1)n1c2c(c3sc(C=C4C(=S)c5ccccc5C4=S)cc31)=CC1C=c3c(c4sc(C=C5C(=S)c6ccccc6C5=S)cc4n3C(=O)OCc3ccccc3)=CC1C=2. The molecule has 318 valence electrons. The van der Waals surface area contributed by atoms with Crippen molar-refractivity contribution in [2.24, 2.45) is 11.8 Å². The third-order valence-corrected chi connectivity index (χ3v) is 16.5. The van der Waals surface area contributed by atoms with Crippen molar-refractivity contribution in [1.82, 2.24) is 9.13 Å². The van der Waals surface area contributed by atoms with Gasteiger partial charge in [-0.2, -0.15) is 0 Å². The van der Waals surface area contributed by atoms with Crippen LogP contribution in [0.15, 0.2) is 132 Å². The quantitative estimate of drug-likeness (QED) is 0.121. The number of fused-ring (bicyclic) bond motifs is 9. The molecule has 12 rings (SSSR count). The zero-order valence-electron chi connectivity index (χ0n) is 34.6. The Morgan fingerprint density at radius 3 is 1.21 bits per heavy atom. The number of rotatable bonds is 6. The minimum atomic E-state index is -0.472. The van der Waals surface area contributed by atoms with Crippen LogP contribution in [0.1, 0.15) is 43.1 Å². The number of nitrogens with zero attached hydrogens (tertiary/aromatic N) is 2. The van der Waals surface area contributed by atoms with Crippen LogP contribution in [-0.2, 0) is 22.7 Å². The van der Waals surface area contributed by atoms with Crippen LogP contribution in [0.2, 0.25) is 0 Å². The number of carbonyl (C=O) groups is 2. The molecular weight excluding hydrogens is 933 g/mol. The van der Waals surface area contributed by atoms with Gasteiger partial charge in [0, 0.05) is 65.4 Å². The van der Waals surface area contributed by atoms with Crippen molar-refractivity contribution in [2.75, 3.05) is 0 Å². The predicted molar refractivity (Wildman–Crippen MR) is 283 cm³/mol. The minimum absolute atomic E-state index is 0.124. The number of carbonyl (C=O) groups excluding carboxylic acids is 2. The summed E-state index contributed by atoms with van der Waals surface area (Å²) in [6.07, 6.45) is 11.9. The van der Waals surface area contributed by atoms with Crippen LogP contribution >= 0.6 is 71.5 Å². The van der Waals surface area contributed by atoms with Gasteiger partial charge in [-0.3, -0.25) is 0 Å². The van der Waals surface area contributed by atoms with Gasteiger partial charge in [-0.05, 0) is 35.4 Å². The summed E-state index contributed by atoms with van der Waals surface area (Å²) in [6, 6.07) is 39.3. The Kier molecular flexibility index (Phi) is 10.1. The van der Waals surface area contributed by atoms with E-state index in [1.165, 1.54) is 0 Å². The molecule has 0 radical (unpaired) electrons. The van der Waals surface area contributed by atoms with Gasteiger partial charge >= 0.3 is 12.2 Å². The molecule has 8 aromatic rings. The van der Waals surface area contributed by atoms with E-state index in [0.29, 0.717) is 0 Å². The van der Waals surface area contributed by atoms with E-state index in [4.69, 9.17) is 58.3 Å². The van der Waals surface area contributed by atoms with Crippen LogP contribution in [-0.4, -0.2) is 40.8 Å². The smallest absolute Gasteiger partial charge is 0.419 e. The molecule has 6 nitrogen and oxygen atoms in total. The Bertz CT molecular complexity index is 3520. The molecule has 2 atom stereocenters. The Morgan fingerprint density at radius 1 is 0.500 bits per heavy atom. The summed E-state index contributed by atoms with van der Waals surface area (Å²) < 4.78 is 17.4. The highest BCUT2D eigenvalue weighted by Crippen LogP contribution is 2.36. The largest absolute Gasteiger partial charge is 0.444 e. The average molecular weight is 965 g/mol. The summed E-state index contributed by atoms with van der Waals surface area (Å²) >= 11 is 26.9. The van der Waals surface area contributed by atoms with E-state index in [2.05, 4.69) is 24.3 Å². The molecule has 0 saturated heterocycles. The van der Waals surface area contributed by atoms with Crippen molar-refractivity contribution in [3.8, 4) is 0 Å². The molecule has 4 aromatic carbocycles. The molecule has 4 aliphatic rings. The fourth-order valence-electron chi connectivity index (χ4n) is 9.39. The minimum Gasteiger partial charge on any atom is -0.444 e. The van der Waals surface area contributed by atoms with Gasteiger partial charge in [-0.15, -0.1) is 22.7 Å². The maximum Gasteiger partial charge on any atom is 0.419 e. The highest BCUT2D eigenvalue weighted by atomic mass is 32.1. The first-order chi connectivity index (χ1) is 32.2. The van der Waals surface area contributed by atoms with Crippen molar-refractivity contribution >= 4 is 160 Å². The lowest BCUT2D eigenvalue weighted by atomic mass is 9.84. The lowest BCUT2D eigenvalue weighted by molar-refractivity contribution is 0.141. The zero-order chi connectivity index (χ0) is 44.8. The Labute approximate surface area is 407 Å². The number of thiophene rings is 2. The monoisotopic (exact) mass is 964 g/mol. The molecule has 0 N–H and O–H groups in total. The van der Waals surface area contributed by atoms with Gasteiger partial charge in [-0.25, -0.2) is 18.7 Å². The molecule has 4 heterocycles. The van der Waals surface area contributed by atoms with E-state index in [9.17, 15) is 9.59 Å². The van der Waals surface area contributed by atoms with Crippen LogP contribution in [0.3, 0.4) is 0 Å². The van der Waals surface area contributed by atoms with Crippen molar-refractivity contribution < 1.29 is 19.1 Å². The second kappa shape index (κ2) is 16.2. The summed E-state index contributed by atoms with van der Waals surface area (Å²) in [5.41, 5.74) is 8.76. The van der Waals surface area contributed by atoms with Crippen LogP contribution in [0.5, 0.6) is 0 Å². The van der Waals surface area contributed by atoms with E-state index in [0.717, 1.165) is 115 Å². The maximum atomic E-state index is 14.4. The number of benzene rings is 4. The molecular formula is C54H32N2O4S6. The molecule has 0 spiro atoms. The summed E-state index contributed by atoms with van der Waals surface area (Å²) in [6.45, 7) is 0.249. The normalized spacial score (nSPS) is 16.7. The topological polar surface area (TPSA) is 62.5 Å². The lowest BCUT2D eigenvalue weighted by Crippen LogP contribution is -2.42. The van der Waals surface area contributed by atoms with Gasteiger partial charge < -0.3 is 9.47 Å². The molecule has 0 aliphatic heterocycles. The fraction of sp³-hybridized carbons (Fsp3) is 0.0741. The zero-order valence-corrected chi connectivity index (χ0v) is 39.5. The molecule has 0 fully saturated rings. The molecule has 0 amide bonds. The van der Waals surface area contributed by atoms with Crippen LogP contribution in [0.25, 0.3) is 56.9 Å². The van der Waals surface area contributed by atoms with Crippen molar-refractivity contribution in [3.05, 3.63) is 197 Å². The number of aromatic nitrogens is 2. The highest BCUT2D eigenvalue weighted by Gasteiger charge is 2.31. The van der Waals surface area contributed by atoms with E-state index >= 15 is 0 Å². The van der Waals surface area contributed by atoms with Crippen LogP contribution in [0.4, 0.5) is 9.59 Å². The first-order valence-electron chi connectivity index (χ1n) is 21.2. The summed E-state index contributed by atoms with van der Waals surface area (Å²) in [7, 11) is 0. The first-order valence-corrected chi connectivity index (χ1v) is 24.4. The van der Waals surface area contributed by atoms with Gasteiger partial charge in [0.05, 0.1) is 50.6 Å². The van der Waals surface area contributed by atoms with Crippen LogP contribution < -0.4 is 21.1 Å². The molecule has 4 aromatic heterocycles. The van der Waals surface area contributed by atoms with Crippen molar-refractivity contribution in [2.45, 2.75) is 13.2 Å². The number of allylic oxidation sites excluding steroid dienone is 2. The van der Waals surface area contributed by atoms with Crippen LogP contribution in [0, 0.1) is 11.8 Å². The number of ether oxygens (including phenoxy) is 2. The van der Waals surface area contributed by atoms with Gasteiger partial charge in [0.25, 0.3) is 0 Å². The van der Waals surface area contributed by atoms with Gasteiger partial charge in [0.2, 0.25) is 0 Å². The molecule has 12 heteroatoms. The average Bonchev–Trinajstić information content (AvgIpc) is 4.17. The summed E-state index contributed by atoms with van der Waals surface area (Å²) in [5.74, 6) is -0.286. The molecule has 0 bridgehead atoms. The van der Waals surface area contributed by atoms with E-state index in [1.807, 2.05) is 133 Å². The molecule has 2 unspecified atom stereocenters. The maximum absolute atomic E-state index is 14.4. The van der Waals surface area contributed by atoms with Crippen molar-refractivity contribution in [1.29, 1.82) is 0 Å². The molecule has 0 saturated carbocycles. The Morgan fingerprint density at radius 2 is 0.848 bits per heavy atom. The van der Waals surface area contributed by atoms with E-state index < -0.39 is 12.2 Å². The van der Waals surface area contributed by atoms with Gasteiger partial charge in [0.15, 0.2) is 0 Å². The predicted octanol–water partition coefficient (Wildman–Crippen LogP) is 10.2. The third kappa shape index (κ3) is 6.73. The Hall–Kier alpha value is -6.38.